The van der Waals surface area contributed by atoms with Gasteiger partial charge in [-0.1, -0.05) is 5.21 Å². The summed E-state index contributed by atoms with van der Waals surface area (Å²) in [6, 6.07) is 2.16. The van der Waals surface area contributed by atoms with Gasteiger partial charge in [0.05, 0.1) is 5.69 Å². The average Bonchev–Trinajstić information content (AvgIpc) is 3.08. The van der Waals surface area contributed by atoms with Crippen LogP contribution in [0, 0.1) is 0 Å². The summed E-state index contributed by atoms with van der Waals surface area (Å²) in [4.78, 5) is 16.2. The van der Waals surface area contributed by atoms with Crippen LogP contribution in [-0.2, 0) is 13.6 Å². The molecule has 0 radical (unpaired) electrons. The summed E-state index contributed by atoms with van der Waals surface area (Å²) in [6.07, 6.45) is 7.57. The van der Waals surface area contributed by atoms with E-state index >= 15 is 0 Å². The van der Waals surface area contributed by atoms with Crippen molar-refractivity contribution in [1.82, 2.24) is 29.9 Å². The number of piperazine rings is 1. The Balaban J connectivity index is 1.35. The third kappa shape index (κ3) is 3.89. The lowest BCUT2D eigenvalue weighted by molar-refractivity contribution is 0.246. The Bertz CT molecular complexity index is 685. The smallest absolute Gasteiger partial charge is 0.134 e. The van der Waals surface area contributed by atoms with Crippen molar-refractivity contribution in [1.29, 1.82) is 0 Å². The molecule has 0 unspecified atom stereocenters. The maximum absolute atomic E-state index is 4.51. The zero-order valence-corrected chi connectivity index (χ0v) is 14.9. The number of nitrogens with zero attached hydrogens (tertiary/aromatic N) is 8. The molecule has 8 heteroatoms. The van der Waals surface area contributed by atoms with Crippen molar-refractivity contribution in [2.45, 2.75) is 25.8 Å². The topological polar surface area (TPSA) is 66.2 Å². The van der Waals surface area contributed by atoms with E-state index in [0.29, 0.717) is 0 Å². The molecule has 2 fully saturated rings. The van der Waals surface area contributed by atoms with Crippen LogP contribution >= 0.6 is 0 Å². The lowest BCUT2D eigenvalue weighted by Crippen LogP contribution is -2.46. The number of hydrogen-bond donors (Lipinski definition) is 0. The molecule has 0 aliphatic carbocycles. The van der Waals surface area contributed by atoms with Crippen molar-refractivity contribution in [3.63, 3.8) is 0 Å². The first-order valence-electron chi connectivity index (χ1n) is 9.17. The molecule has 2 saturated heterocycles. The highest BCUT2D eigenvalue weighted by atomic mass is 15.4. The Morgan fingerprint density at radius 1 is 0.880 bits per heavy atom. The molecule has 134 valence electrons. The number of aromatic nitrogens is 5. The SMILES string of the molecule is Cn1cc(CN2CCN(c3cc(N4CCCCC4)ncn3)CC2)nn1. The number of piperidine rings is 1. The standard InChI is InChI=1S/C17H26N8/c1-22-12-15(20-21-22)13-23-7-9-25(10-8-23)17-11-16(18-14-19-17)24-5-3-2-4-6-24/h11-12,14H,2-10,13H2,1H3. The first kappa shape index (κ1) is 16.3. The molecule has 2 aliphatic heterocycles. The van der Waals surface area contributed by atoms with E-state index in [0.717, 1.165) is 63.1 Å². The normalized spacial score (nSPS) is 19.4. The number of anilines is 2. The molecule has 4 rings (SSSR count). The van der Waals surface area contributed by atoms with Crippen LogP contribution in [-0.4, -0.2) is 69.1 Å². The van der Waals surface area contributed by atoms with E-state index in [1.807, 2.05) is 13.2 Å². The van der Waals surface area contributed by atoms with Gasteiger partial charge in [-0.25, -0.2) is 9.97 Å². The van der Waals surface area contributed by atoms with Gasteiger partial charge in [0.15, 0.2) is 0 Å². The molecule has 2 aromatic heterocycles. The fourth-order valence-electron chi connectivity index (χ4n) is 3.64. The second-order valence-electron chi connectivity index (χ2n) is 6.93. The van der Waals surface area contributed by atoms with Crippen molar-refractivity contribution < 1.29 is 0 Å². The maximum Gasteiger partial charge on any atom is 0.134 e. The molecule has 0 atom stereocenters. The van der Waals surface area contributed by atoms with Gasteiger partial charge < -0.3 is 9.80 Å². The van der Waals surface area contributed by atoms with Crippen LogP contribution in [0.3, 0.4) is 0 Å². The summed E-state index contributed by atoms with van der Waals surface area (Å²) in [5.74, 6) is 2.13. The third-order valence-electron chi connectivity index (χ3n) is 5.05. The van der Waals surface area contributed by atoms with Crippen molar-refractivity contribution >= 4 is 11.6 Å². The summed E-state index contributed by atoms with van der Waals surface area (Å²) in [5.41, 5.74) is 1.03. The lowest BCUT2D eigenvalue weighted by Gasteiger charge is -2.35. The minimum absolute atomic E-state index is 0.866. The van der Waals surface area contributed by atoms with E-state index in [2.05, 4.69) is 41.0 Å². The summed E-state index contributed by atoms with van der Waals surface area (Å²) in [6.45, 7) is 7.09. The predicted octanol–water partition coefficient (Wildman–Crippen LogP) is 0.918. The highest BCUT2D eigenvalue weighted by Gasteiger charge is 2.20. The van der Waals surface area contributed by atoms with Gasteiger partial charge in [0, 0.05) is 65.1 Å². The minimum Gasteiger partial charge on any atom is -0.356 e. The van der Waals surface area contributed by atoms with E-state index in [4.69, 9.17) is 0 Å². The Kier molecular flexibility index (Phi) is 4.78. The number of aryl methyl sites for hydroxylation is 1. The average molecular weight is 342 g/mol. The van der Waals surface area contributed by atoms with Gasteiger partial charge in [0.25, 0.3) is 0 Å². The van der Waals surface area contributed by atoms with E-state index in [1.54, 1.807) is 11.0 Å². The summed E-state index contributed by atoms with van der Waals surface area (Å²) in [5, 5.41) is 8.19. The number of hydrogen-bond acceptors (Lipinski definition) is 7. The van der Waals surface area contributed by atoms with Crippen LogP contribution in [0.2, 0.25) is 0 Å². The van der Waals surface area contributed by atoms with E-state index in [9.17, 15) is 0 Å². The van der Waals surface area contributed by atoms with Crippen LogP contribution in [0.25, 0.3) is 0 Å². The van der Waals surface area contributed by atoms with Crippen molar-refractivity contribution in [2.75, 3.05) is 49.1 Å². The highest BCUT2D eigenvalue weighted by Crippen LogP contribution is 2.22. The van der Waals surface area contributed by atoms with Gasteiger partial charge in [-0.3, -0.25) is 9.58 Å². The first-order chi connectivity index (χ1) is 12.3. The molecule has 2 aliphatic rings. The van der Waals surface area contributed by atoms with Crippen LogP contribution in [0.4, 0.5) is 11.6 Å². The molecule has 0 saturated carbocycles. The number of rotatable bonds is 4. The third-order valence-corrected chi connectivity index (χ3v) is 5.05. The molecule has 4 heterocycles. The molecular weight excluding hydrogens is 316 g/mol. The molecule has 0 spiro atoms. The van der Waals surface area contributed by atoms with Crippen molar-refractivity contribution in [2.24, 2.45) is 7.05 Å². The van der Waals surface area contributed by atoms with Gasteiger partial charge in [-0.15, -0.1) is 5.10 Å². The minimum atomic E-state index is 0.866. The van der Waals surface area contributed by atoms with E-state index < -0.39 is 0 Å². The summed E-state index contributed by atoms with van der Waals surface area (Å²) in [7, 11) is 1.91. The zero-order valence-electron chi connectivity index (χ0n) is 14.9. The Morgan fingerprint density at radius 2 is 1.56 bits per heavy atom. The molecule has 0 N–H and O–H groups in total. The predicted molar refractivity (Wildman–Crippen MR) is 96.6 cm³/mol. The second kappa shape index (κ2) is 7.35. The molecule has 0 amide bonds. The second-order valence-corrected chi connectivity index (χ2v) is 6.93. The first-order valence-corrected chi connectivity index (χ1v) is 9.17. The van der Waals surface area contributed by atoms with Crippen LogP contribution < -0.4 is 9.80 Å². The highest BCUT2D eigenvalue weighted by molar-refractivity contribution is 5.50. The zero-order chi connectivity index (χ0) is 17.1. The van der Waals surface area contributed by atoms with Gasteiger partial charge in [0.2, 0.25) is 0 Å². The van der Waals surface area contributed by atoms with Gasteiger partial charge in [-0.2, -0.15) is 0 Å². The van der Waals surface area contributed by atoms with Crippen LogP contribution in [0.5, 0.6) is 0 Å². The Morgan fingerprint density at radius 3 is 2.20 bits per heavy atom. The molecular formula is C17H26N8. The summed E-state index contributed by atoms with van der Waals surface area (Å²) >= 11 is 0. The Labute approximate surface area is 148 Å². The van der Waals surface area contributed by atoms with Gasteiger partial charge in [-0.05, 0) is 19.3 Å². The molecule has 0 aromatic carbocycles. The monoisotopic (exact) mass is 342 g/mol. The Hall–Kier alpha value is -2.22. The van der Waals surface area contributed by atoms with Gasteiger partial charge in [0.1, 0.15) is 18.0 Å². The fraction of sp³-hybridized carbons (Fsp3) is 0.647. The quantitative estimate of drug-likeness (QED) is 0.818. The van der Waals surface area contributed by atoms with Crippen LogP contribution in [0.1, 0.15) is 25.0 Å². The van der Waals surface area contributed by atoms with Crippen LogP contribution in [0.15, 0.2) is 18.6 Å². The maximum atomic E-state index is 4.51. The largest absolute Gasteiger partial charge is 0.356 e. The van der Waals surface area contributed by atoms with E-state index in [-0.39, 0.29) is 0 Å². The molecule has 8 nitrogen and oxygen atoms in total. The molecule has 25 heavy (non-hydrogen) atoms. The molecule has 0 bridgehead atoms. The lowest BCUT2D eigenvalue weighted by atomic mass is 10.1. The van der Waals surface area contributed by atoms with Crippen molar-refractivity contribution in [3.8, 4) is 0 Å². The fourth-order valence-corrected chi connectivity index (χ4v) is 3.64. The van der Waals surface area contributed by atoms with E-state index in [1.165, 1.54) is 19.3 Å². The molecule has 2 aromatic rings. The van der Waals surface area contributed by atoms with Gasteiger partial charge >= 0.3 is 0 Å². The summed E-state index contributed by atoms with van der Waals surface area (Å²) < 4.78 is 1.76. The van der Waals surface area contributed by atoms with Crippen molar-refractivity contribution in [3.05, 3.63) is 24.3 Å².